The number of halogens is 1. The van der Waals surface area contributed by atoms with Crippen molar-refractivity contribution in [1.29, 1.82) is 0 Å². The zero-order valence-electron chi connectivity index (χ0n) is 17.1. The Kier molecular flexibility index (Phi) is 8.62. The molecule has 1 heterocycles. The third-order valence-electron chi connectivity index (χ3n) is 5.85. The Morgan fingerprint density at radius 2 is 1.59 bits per heavy atom. The van der Waals surface area contributed by atoms with Gasteiger partial charge in [-0.15, -0.1) is 0 Å². The van der Waals surface area contributed by atoms with Gasteiger partial charge in [0.05, 0.1) is 0 Å². The molecule has 3 rings (SSSR count). The van der Waals surface area contributed by atoms with Crippen molar-refractivity contribution in [1.82, 2.24) is 20.9 Å². The fourth-order valence-electron chi connectivity index (χ4n) is 4.16. The molecule has 0 bridgehead atoms. The van der Waals surface area contributed by atoms with Crippen LogP contribution in [0, 0.1) is 0 Å². The molecular weight excluding hydrogens is 388 g/mol. The number of urea groups is 1. The van der Waals surface area contributed by atoms with E-state index in [0.717, 1.165) is 50.3 Å². The zero-order chi connectivity index (χ0) is 20.5. The Hall–Kier alpha value is -1.79. The second-order valence-electron chi connectivity index (χ2n) is 8.23. The quantitative estimate of drug-likeness (QED) is 0.632. The summed E-state index contributed by atoms with van der Waals surface area (Å²) in [4.78, 5) is 26.5. The highest BCUT2D eigenvalue weighted by atomic mass is 35.5. The highest BCUT2D eigenvalue weighted by Crippen LogP contribution is 2.17. The SMILES string of the molecule is O=C(CCNC(=O)NC1CCCCC1)NC1CCN(Cc2ccc(Cl)cc2)CC1. The topological polar surface area (TPSA) is 73.5 Å². The van der Waals surface area contributed by atoms with Gasteiger partial charge in [0.2, 0.25) is 5.91 Å². The lowest BCUT2D eigenvalue weighted by molar-refractivity contribution is -0.122. The van der Waals surface area contributed by atoms with Gasteiger partial charge in [-0.05, 0) is 43.4 Å². The second-order valence-corrected chi connectivity index (χ2v) is 8.67. The van der Waals surface area contributed by atoms with Crippen LogP contribution in [0.1, 0.15) is 56.9 Å². The lowest BCUT2D eigenvalue weighted by Crippen LogP contribution is -2.46. The van der Waals surface area contributed by atoms with Crippen molar-refractivity contribution in [2.24, 2.45) is 0 Å². The highest BCUT2D eigenvalue weighted by molar-refractivity contribution is 6.30. The van der Waals surface area contributed by atoms with Gasteiger partial charge in [0.25, 0.3) is 0 Å². The van der Waals surface area contributed by atoms with Crippen LogP contribution in [0.2, 0.25) is 5.02 Å². The number of likely N-dealkylation sites (tertiary alicyclic amines) is 1. The number of carbonyl (C=O) groups is 2. The molecule has 1 aliphatic heterocycles. The van der Waals surface area contributed by atoms with E-state index in [1.165, 1.54) is 24.8 Å². The van der Waals surface area contributed by atoms with Crippen molar-refractivity contribution in [3.8, 4) is 0 Å². The van der Waals surface area contributed by atoms with Crippen molar-refractivity contribution >= 4 is 23.5 Å². The summed E-state index contributed by atoms with van der Waals surface area (Å²) >= 11 is 5.94. The van der Waals surface area contributed by atoms with Gasteiger partial charge in [-0.3, -0.25) is 9.69 Å². The normalized spacial score (nSPS) is 18.9. The molecule has 0 spiro atoms. The van der Waals surface area contributed by atoms with Crippen LogP contribution < -0.4 is 16.0 Å². The van der Waals surface area contributed by atoms with E-state index in [-0.39, 0.29) is 24.0 Å². The molecule has 1 aromatic carbocycles. The van der Waals surface area contributed by atoms with Crippen LogP contribution in [0.5, 0.6) is 0 Å². The Balaban J connectivity index is 1.26. The minimum atomic E-state index is -0.153. The fourth-order valence-corrected chi connectivity index (χ4v) is 4.28. The number of rotatable bonds is 7. The number of benzene rings is 1. The monoisotopic (exact) mass is 420 g/mol. The summed E-state index contributed by atoms with van der Waals surface area (Å²) in [6.07, 6.45) is 7.99. The van der Waals surface area contributed by atoms with Gasteiger partial charge in [-0.2, -0.15) is 0 Å². The molecule has 3 amide bonds. The van der Waals surface area contributed by atoms with Crippen LogP contribution in [0.15, 0.2) is 24.3 Å². The first kappa shape index (κ1) is 21.9. The molecule has 0 aromatic heterocycles. The largest absolute Gasteiger partial charge is 0.353 e. The molecule has 1 aliphatic carbocycles. The van der Waals surface area contributed by atoms with Gasteiger partial charge in [0, 0.05) is 49.7 Å². The van der Waals surface area contributed by atoms with Crippen LogP contribution in [0.25, 0.3) is 0 Å². The van der Waals surface area contributed by atoms with Crippen molar-refractivity contribution in [3.63, 3.8) is 0 Å². The predicted octanol–water partition coefficient (Wildman–Crippen LogP) is 3.44. The van der Waals surface area contributed by atoms with E-state index in [1.807, 2.05) is 12.1 Å². The van der Waals surface area contributed by atoms with Crippen LogP contribution in [-0.4, -0.2) is 48.6 Å². The Bertz CT molecular complexity index is 653. The molecule has 160 valence electrons. The zero-order valence-corrected chi connectivity index (χ0v) is 17.8. The summed E-state index contributed by atoms with van der Waals surface area (Å²) in [5, 5.41) is 9.69. The third-order valence-corrected chi connectivity index (χ3v) is 6.10. The number of piperidine rings is 1. The first-order valence-electron chi connectivity index (χ1n) is 10.9. The summed E-state index contributed by atoms with van der Waals surface area (Å²) in [5.41, 5.74) is 1.26. The molecule has 0 unspecified atom stereocenters. The molecule has 2 fully saturated rings. The molecule has 7 heteroatoms. The minimum absolute atomic E-state index is 0.0131. The van der Waals surface area contributed by atoms with E-state index in [9.17, 15) is 9.59 Å². The minimum Gasteiger partial charge on any atom is -0.353 e. The Morgan fingerprint density at radius 3 is 2.28 bits per heavy atom. The first-order valence-corrected chi connectivity index (χ1v) is 11.3. The number of hydrogen-bond donors (Lipinski definition) is 3. The van der Waals surface area contributed by atoms with Crippen LogP contribution >= 0.6 is 11.6 Å². The van der Waals surface area contributed by atoms with Gasteiger partial charge in [-0.25, -0.2) is 4.79 Å². The first-order chi connectivity index (χ1) is 14.1. The Labute approximate surface area is 178 Å². The molecular formula is C22H33ClN4O2. The Morgan fingerprint density at radius 1 is 0.931 bits per heavy atom. The highest BCUT2D eigenvalue weighted by Gasteiger charge is 2.21. The van der Waals surface area contributed by atoms with Crippen molar-refractivity contribution in [3.05, 3.63) is 34.9 Å². The fraction of sp³-hybridized carbons (Fsp3) is 0.636. The molecule has 1 saturated heterocycles. The molecule has 0 radical (unpaired) electrons. The lowest BCUT2D eigenvalue weighted by atomic mass is 9.96. The van der Waals surface area contributed by atoms with Crippen molar-refractivity contribution in [2.45, 2.75) is 70.0 Å². The van der Waals surface area contributed by atoms with E-state index in [2.05, 4.69) is 33.0 Å². The molecule has 29 heavy (non-hydrogen) atoms. The number of hydrogen-bond acceptors (Lipinski definition) is 3. The number of nitrogens with one attached hydrogen (secondary N) is 3. The molecule has 1 saturated carbocycles. The van der Waals surface area contributed by atoms with Gasteiger partial charge in [-0.1, -0.05) is 43.0 Å². The number of carbonyl (C=O) groups excluding carboxylic acids is 2. The molecule has 2 aliphatic rings. The maximum atomic E-state index is 12.2. The molecule has 3 N–H and O–H groups in total. The van der Waals surface area contributed by atoms with Gasteiger partial charge in [0.1, 0.15) is 0 Å². The van der Waals surface area contributed by atoms with Crippen molar-refractivity contribution in [2.75, 3.05) is 19.6 Å². The summed E-state index contributed by atoms with van der Waals surface area (Å²) in [6.45, 7) is 3.23. The van der Waals surface area contributed by atoms with Gasteiger partial charge >= 0.3 is 6.03 Å². The van der Waals surface area contributed by atoms with E-state index in [4.69, 9.17) is 11.6 Å². The summed E-state index contributed by atoms with van der Waals surface area (Å²) < 4.78 is 0. The average molecular weight is 421 g/mol. The summed E-state index contributed by atoms with van der Waals surface area (Å²) in [7, 11) is 0. The van der Waals surface area contributed by atoms with Crippen LogP contribution in [-0.2, 0) is 11.3 Å². The van der Waals surface area contributed by atoms with E-state index < -0.39 is 0 Å². The summed E-state index contributed by atoms with van der Waals surface area (Å²) in [5.74, 6) is 0.0131. The van der Waals surface area contributed by atoms with E-state index in [1.54, 1.807) is 0 Å². The third kappa shape index (κ3) is 7.86. The standard InChI is InChI=1S/C22H33ClN4O2/c23-18-8-6-17(7-9-18)16-27-14-11-20(12-15-27)25-21(28)10-13-24-22(29)26-19-4-2-1-3-5-19/h6-9,19-20H,1-5,10-16H2,(H,25,28)(H2,24,26,29). The van der Waals surface area contributed by atoms with Crippen LogP contribution in [0.3, 0.4) is 0 Å². The molecule has 1 aromatic rings. The maximum absolute atomic E-state index is 12.2. The average Bonchev–Trinajstić information content (AvgIpc) is 2.72. The number of amides is 3. The van der Waals surface area contributed by atoms with Gasteiger partial charge in [0.15, 0.2) is 0 Å². The van der Waals surface area contributed by atoms with Crippen LogP contribution in [0.4, 0.5) is 4.79 Å². The molecule has 0 atom stereocenters. The van der Waals surface area contributed by atoms with E-state index in [0.29, 0.717) is 13.0 Å². The summed E-state index contributed by atoms with van der Waals surface area (Å²) in [6, 6.07) is 8.33. The van der Waals surface area contributed by atoms with Crippen molar-refractivity contribution < 1.29 is 9.59 Å². The second kappa shape index (κ2) is 11.4. The van der Waals surface area contributed by atoms with E-state index >= 15 is 0 Å². The number of nitrogens with zero attached hydrogens (tertiary/aromatic N) is 1. The smallest absolute Gasteiger partial charge is 0.315 e. The maximum Gasteiger partial charge on any atom is 0.315 e. The van der Waals surface area contributed by atoms with Gasteiger partial charge < -0.3 is 16.0 Å². The predicted molar refractivity (Wildman–Crippen MR) is 116 cm³/mol. The molecule has 6 nitrogen and oxygen atoms in total. The lowest BCUT2D eigenvalue weighted by Gasteiger charge is -2.32.